The first-order chi connectivity index (χ1) is 9.27. The maximum absolute atomic E-state index is 10.4. The fourth-order valence-electron chi connectivity index (χ4n) is 2.74. The summed E-state index contributed by atoms with van der Waals surface area (Å²) in [4.78, 5) is 0. The zero-order valence-corrected chi connectivity index (χ0v) is 10.9. The summed E-state index contributed by atoms with van der Waals surface area (Å²) in [5.74, 6) is 0.259. The number of aliphatic hydroxyl groups is 1. The van der Waals surface area contributed by atoms with Crippen molar-refractivity contribution in [2.24, 2.45) is 0 Å². The second-order valence-electron chi connectivity index (χ2n) is 5.41. The maximum atomic E-state index is 10.4. The highest BCUT2D eigenvalue weighted by molar-refractivity contribution is 5.33. The van der Waals surface area contributed by atoms with Crippen LogP contribution in [0.4, 0.5) is 0 Å². The quantitative estimate of drug-likeness (QED) is 0.877. The molecular weight excluding hydrogens is 234 g/mol. The molecule has 3 rings (SSSR count). The van der Waals surface area contributed by atoms with Crippen LogP contribution in [0.1, 0.15) is 23.5 Å². The van der Waals surface area contributed by atoms with Crippen LogP contribution in [0.5, 0.6) is 0 Å². The zero-order valence-electron chi connectivity index (χ0n) is 10.9. The number of rotatable bonds is 4. The molecule has 0 radical (unpaired) electrons. The third-order valence-corrected chi connectivity index (χ3v) is 3.90. The fraction of sp³-hybridized carbons (Fsp3) is 0.294. The van der Waals surface area contributed by atoms with Gasteiger partial charge in [-0.3, -0.25) is 0 Å². The van der Waals surface area contributed by atoms with Gasteiger partial charge >= 0.3 is 0 Å². The molecule has 2 heteroatoms. The summed E-state index contributed by atoms with van der Waals surface area (Å²) in [7, 11) is 0. The minimum absolute atomic E-state index is 0.259. The van der Waals surface area contributed by atoms with Crippen LogP contribution in [0, 0.1) is 0 Å². The van der Waals surface area contributed by atoms with Crippen molar-refractivity contribution in [2.75, 3.05) is 13.1 Å². The average molecular weight is 253 g/mol. The Bertz CT molecular complexity index is 480. The Morgan fingerprint density at radius 2 is 1.37 bits per heavy atom. The number of nitrogens with one attached hydrogen (secondary N) is 1. The predicted molar refractivity (Wildman–Crippen MR) is 77.2 cm³/mol. The van der Waals surface area contributed by atoms with E-state index in [-0.39, 0.29) is 5.92 Å². The second-order valence-corrected chi connectivity index (χ2v) is 5.41. The summed E-state index contributed by atoms with van der Waals surface area (Å²) in [6.07, 6.45) is 0.772. The maximum Gasteiger partial charge on any atom is 0.0904 e. The molecule has 0 aliphatic carbocycles. The van der Waals surface area contributed by atoms with Crippen molar-refractivity contribution in [3.8, 4) is 0 Å². The van der Waals surface area contributed by atoms with Crippen LogP contribution in [0.2, 0.25) is 0 Å². The van der Waals surface area contributed by atoms with Crippen LogP contribution >= 0.6 is 0 Å². The molecule has 1 fully saturated rings. The molecule has 2 nitrogen and oxygen atoms in total. The fourth-order valence-corrected chi connectivity index (χ4v) is 2.74. The molecule has 2 aromatic carbocycles. The lowest BCUT2D eigenvalue weighted by Gasteiger charge is -2.40. The minimum Gasteiger partial charge on any atom is -0.387 e. The Labute approximate surface area is 114 Å². The Morgan fingerprint density at radius 3 is 1.74 bits per heavy atom. The predicted octanol–water partition coefficient (Wildman–Crippen LogP) is 2.54. The Kier molecular flexibility index (Phi) is 3.36. The van der Waals surface area contributed by atoms with Crippen molar-refractivity contribution in [2.45, 2.75) is 17.9 Å². The van der Waals surface area contributed by atoms with Gasteiger partial charge < -0.3 is 10.4 Å². The van der Waals surface area contributed by atoms with E-state index in [0.29, 0.717) is 13.1 Å². The highest BCUT2D eigenvalue weighted by atomic mass is 16.3. The standard InChI is InChI=1S/C17H19NO/c19-17(12-18-13-17)11-16(14-7-3-1-4-8-14)15-9-5-2-6-10-15/h1-10,16,18-19H,11-13H2. The molecule has 1 heterocycles. The molecule has 0 spiro atoms. The van der Waals surface area contributed by atoms with E-state index in [0.717, 1.165) is 6.42 Å². The topological polar surface area (TPSA) is 32.3 Å². The first-order valence-corrected chi connectivity index (χ1v) is 6.80. The van der Waals surface area contributed by atoms with Crippen molar-refractivity contribution in [1.29, 1.82) is 0 Å². The normalized spacial score (nSPS) is 17.2. The van der Waals surface area contributed by atoms with Crippen LogP contribution in [0.15, 0.2) is 60.7 Å². The van der Waals surface area contributed by atoms with Crippen molar-refractivity contribution in [1.82, 2.24) is 5.32 Å². The van der Waals surface area contributed by atoms with Crippen molar-refractivity contribution in [3.05, 3.63) is 71.8 Å². The third kappa shape index (κ3) is 2.70. The summed E-state index contributed by atoms with van der Waals surface area (Å²) in [6.45, 7) is 1.40. The molecule has 19 heavy (non-hydrogen) atoms. The van der Waals surface area contributed by atoms with Gasteiger partial charge in [0.15, 0.2) is 0 Å². The first-order valence-electron chi connectivity index (χ1n) is 6.80. The van der Waals surface area contributed by atoms with Gasteiger partial charge in [0, 0.05) is 19.0 Å². The lowest BCUT2D eigenvalue weighted by molar-refractivity contribution is -0.0203. The molecular formula is C17H19NO. The van der Waals surface area contributed by atoms with E-state index in [1.165, 1.54) is 11.1 Å². The van der Waals surface area contributed by atoms with E-state index < -0.39 is 5.60 Å². The Morgan fingerprint density at radius 1 is 0.895 bits per heavy atom. The van der Waals surface area contributed by atoms with Gasteiger partial charge in [-0.25, -0.2) is 0 Å². The van der Waals surface area contributed by atoms with Gasteiger partial charge in [-0.05, 0) is 17.5 Å². The van der Waals surface area contributed by atoms with Crippen molar-refractivity contribution in [3.63, 3.8) is 0 Å². The lowest BCUT2D eigenvalue weighted by atomic mass is 9.79. The molecule has 0 bridgehead atoms. The molecule has 0 amide bonds. The largest absolute Gasteiger partial charge is 0.387 e. The summed E-state index contributed by atoms with van der Waals surface area (Å²) >= 11 is 0. The van der Waals surface area contributed by atoms with Crippen molar-refractivity contribution < 1.29 is 5.11 Å². The van der Waals surface area contributed by atoms with E-state index in [4.69, 9.17) is 0 Å². The number of β-amino-alcohol motifs (C(OH)–C–C–N with tert-alkyl or cyclic N) is 1. The molecule has 2 aromatic rings. The molecule has 1 aliphatic rings. The highest BCUT2D eigenvalue weighted by Crippen LogP contribution is 2.34. The number of hydrogen-bond donors (Lipinski definition) is 2. The van der Waals surface area contributed by atoms with Crippen LogP contribution < -0.4 is 5.32 Å². The Balaban J connectivity index is 1.92. The van der Waals surface area contributed by atoms with Gasteiger partial charge in [0.2, 0.25) is 0 Å². The van der Waals surface area contributed by atoms with Crippen LogP contribution in [0.3, 0.4) is 0 Å². The van der Waals surface area contributed by atoms with Gasteiger partial charge in [0.05, 0.1) is 5.60 Å². The molecule has 98 valence electrons. The van der Waals surface area contributed by atoms with Gasteiger partial charge in [-0.15, -0.1) is 0 Å². The van der Waals surface area contributed by atoms with Crippen molar-refractivity contribution >= 4 is 0 Å². The van der Waals surface area contributed by atoms with E-state index in [2.05, 4.69) is 53.8 Å². The molecule has 0 saturated carbocycles. The minimum atomic E-state index is -0.559. The summed E-state index contributed by atoms with van der Waals surface area (Å²) in [5, 5.41) is 13.6. The summed E-state index contributed by atoms with van der Waals surface area (Å²) in [5.41, 5.74) is 1.99. The van der Waals surface area contributed by atoms with Gasteiger partial charge in [0.25, 0.3) is 0 Å². The van der Waals surface area contributed by atoms with Gasteiger partial charge in [-0.1, -0.05) is 60.7 Å². The Hall–Kier alpha value is -1.64. The van der Waals surface area contributed by atoms with Crippen LogP contribution in [-0.4, -0.2) is 23.8 Å². The molecule has 0 atom stereocenters. The summed E-state index contributed by atoms with van der Waals surface area (Å²) < 4.78 is 0. The molecule has 2 N–H and O–H groups in total. The van der Waals surface area contributed by atoms with E-state index in [1.54, 1.807) is 0 Å². The van der Waals surface area contributed by atoms with E-state index >= 15 is 0 Å². The monoisotopic (exact) mass is 253 g/mol. The van der Waals surface area contributed by atoms with E-state index in [1.807, 2.05) is 12.1 Å². The van der Waals surface area contributed by atoms with Gasteiger partial charge in [0.1, 0.15) is 0 Å². The molecule has 1 aliphatic heterocycles. The smallest absolute Gasteiger partial charge is 0.0904 e. The number of benzene rings is 2. The zero-order chi connectivity index (χ0) is 13.1. The molecule has 0 aromatic heterocycles. The van der Waals surface area contributed by atoms with Gasteiger partial charge in [-0.2, -0.15) is 0 Å². The lowest BCUT2D eigenvalue weighted by Crippen LogP contribution is -2.60. The summed E-state index contributed by atoms with van der Waals surface area (Å²) in [6, 6.07) is 20.9. The molecule has 0 unspecified atom stereocenters. The third-order valence-electron chi connectivity index (χ3n) is 3.90. The van der Waals surface area contributed by atoms with E-state index in [9.17, 15) is 5.11 Å². The SMILES string of the molecule is OC1(CC(c2ccccc2)c2ccccc2)CNC1. The highest BCUT2D eigenvalue weighted by Gasteiger charge is 2.37. The second kappa shape index (κ2) is 5.16. The average Bonchev–Trinajstić information content (AvgIpc) is 2.45. The van der Waals surface area contributed by atoms with Crippen LogP contribution in [0.25, 0.3) is 0 Å². The first kappa shape index (κ1) is 12.4. The number of hydrogen-bond acceptors (Lipinski definition) is 2. The van der Waals surface area contributed by atoms with Crippen LogP contribution in [-0.2, 0) is 0 Å². The molecule has 1 saturated heterocycles.